The van der Waals surface area contributed by atoms with Crippen LogP contribution < -0.4 is 4.18 Å². The quantitative estimate of drug-likeness (QED) is 0.635. The average Bonchev–Trinajstić information content (AvgIpc) is 2.90. The number of halogens is 1. The maximum absolute atomic E-state index is 12.5. The first kappa shape index (κ1) is 20.5. The maximum atomic E-state index is 12.5. The van der Waals surface area contributed by atoms with E-state index in [1.54, 1.807) is 12.1 Å². The van der Waals surface area contributed by atoms with E-state index in [1.165, 1.54) is 12.1 Å². The maximum Gasteiger partial charge on any atom is 0.488 e. The molecule has 3 rings (SSSR count). The van der Waals surface area contributed by atoms with Crippen molar-refractivity contribution in [1.29, 1.82) is 0 Å². The van der Waals surface area contributed by atoms with Gasteiger partial charge in [0.25, 0.3) is 0 Å². The van der Waals surface area contributed by atoms with Gasteiger partial charge in [0.05, 0.1) is 6.61 Å². The topological polar surface area (TPSA) is 62.3 Å². The van der Waals surface area contributed by atoms with Gasteiger partial charge in [0, 0.05) is 65.5 Å². The van der Waals surface area contributed by atoms with Crippen LogP contribution >= 0.6 is 0 Å². The highest BCUT2D eigenvalue weighted by Gasteiger charge is 2.18. The van der Waals surface area contributed by atoms with Crippen molar-refractivity contribution >= 4 is 10.5 Å². The molecule has 0 saturated carbocycles. The second-order valence-corrected chi connectivity index (χ2v) is 8.00. The van der Waals surface area contributed by atoms with Crippen LogP contribution in [0.5, 0.6) is 5.75 Å². The van der Waals surface area contributed by atoms with Crippen LogP contribution in [0.3, 0.4) is 0 Å². The largest absolute Gasteiger partial charge is 0.488 e. The fourth-order valence-electron chi connectivity index (χ4n) is 3.50. The van der Waals surface area contributed by atoms with Crippen LogP contribution in [0.25, 0.3) is 0 Å². The molecule has 0 radical (unpaired) electrons. The highest BCUT2D eigenvalue weighted by atomic mass is 32.3. The van der Waals surface area contributed by atoms with Gasteiger partial charge in [-0.05, 0) is 24.1 Å². The Balaban J connectivity index is 1.37. The summed E-state index contributed by atoms with van der Waals surface area (Å²) in [6.45, 7) is 11.0. The number of ether oxygens (including phenoxy) is 1. The van der Waals surface area contributed by atoms with E-state index in [-0.39, 0.29) is 5.75 Å². The number of hydrogen-bond donors (Lipinski definition) is 0. The molecule has 0 bridgehead atoms. The van der Waals surface area contributed by atoms with E-state index in [1.807, 2.05) is 0 Å². The molecular weight excluding hydrogens is 373 g/mol. The smallest absolute Gasteiger partial charge is 0.380 e. The van der Waals surface area contributed by atoms with Gasteiger partial charge in [0.1, 0.15) is 5.75 Å². The van der Waals surface area contributed by atoms with Crippen LogP contribution in [0.1, 0.15) is 12.0 Å². The fraction of sp³-hybridized carbons (Fsp3) is 0.667. The van der Waals surface area contributed by atoms with E-state index in [0.717, 1.165) is 84.1 Å². The van der Waals surface area contributed by atoms with Crippen molar-refractivity contribution in [1.82, 2.24) is 14.7 Å². The standard InChI is InChI=1S/C18H28FN3O4S/c19-27(23,24)26-18-4-2-17(3-5-18)16-22-11-9-21(10-12-22)8-7-20-6-1-14-25-15-13-20/h2-5H,1,6-16H2. The van der Waals surface area contributed by atoms with Crippen molar-refractivity contribution in [3.05, 3.63) is 29.8 Å². The molecule has 27 heavy (non-hydrogen) atoms. The lowest BCUT2D eigenvalue weighted by Gasteiger charge is -2.35. The van der Waals surface area contributed by atoms with Gasteiger partial charge in [0.2, 0.25) is 0 Å². The first-order valence-corrected chi connectivity index (χ1v) is 10.8. The van der Waals surface area contributed by atoms with Crippen molar-refractivity contribution in [3.63, 3.8) is 0 Å². The number of piperazine rings is 1. The Hall–Kier alpha value is -1.26. The molecule has 7 nitrogen and oxygen atoms in total. The van der Waals surface area contributed by atoms with E-state index < -0.39 is 10.5 Å². The van der Waals surface area contributed by atoms with Gasteiger partial charge in [-0.1, -0.05) is 16.0 Å². The average molecular weight is 402 g/mol. The minimum Gasteiger partial charge on any atom is -0.380 e. The molecule has 2 fully saturated rings. The van der Waals surface area contributed by atoms with Crippen LogP contribution in [-0.4, -0.2) is 88.7 Å². The fourth-order valence-corrected chi connectivity index (χ4v) is 3.84. The van der Waals surface area contributed by atoms with Gasteiger partial charge in [-0.3, -0.25) is 14.7 Å². The monoisotopic (exact) mass is 401 g/mol. The molecule has 0 aromatic heterocycles. The molecule has 0 unspecified atom stereocenters. The molecule has 0 N–H and O–H groups in total. The first-order chi connectivity index (χ1) is 13.0. The Kier molecular flexibility index (Phi) is 7.42. The summed E-state index contributed by atoms with van der Waals surface area (Å²) in [5.41, 5.74) is 1.05. The third kappa shape index (κ3) is 7.34. The number of hydrogen-bond acceptors (Lipinski definition) is 7. The molecule has 9 heteroatoms. The van der Waals surface area contributed by atoms with Crippen LogP contribution in [-0.2, 0) is 21.8 Å². The highest BCUT2D eigenvalue weighted by molar-refractivity contribution is 7.81. The van der Waals surface area contributed by atoms with E-state index in [0.29, 0.717) is 0 Å². The predicted molar refractivity (Wildman–Crippen MR) is 101 cm³/mol. The lowest BCUT2D eigenvalue weighted by molar-refractivity contribution is 0.110. The van der Waals surface area contributed by atoms with E-state index in [9.17, 15) is 12.3 Å². The van der Waals surface area contributed by atoms with Crippen molar-refractivity contribution in [2.75, 3.05) is 65.6 Å². The summed E-state index contributed by atoms with van der Waals surface area (Å²) in [6.07, 6.45) is 1.12. The SMILES string of the molecule is O=S(=O)(F)Oc1ccc(CN2CCN(CCN3CCCOCC3)CC2)cc1. The Morgan fingerprint density at radius 2 is 1.52 bits per heavy atom. The predicted octanol–water partition coefficient (Wildman–Crippen LogP) is 1.12. The van der Waals surface area contributed by atoms with Gasteiger partial charge in [-0.15, -0.1) is 0 Å². The second kappa shape index (κ2) is 9.79. The second-order valence-electron chi connectivity index (χ2n) is 7.05. The zero-order valence-electron chi connectivity index (χ0n) is 15.6. The molecule has 2 aliphatic rings. The minimum absolute atomic E-state index is 0.00928. The first-order valence-electron chi connectivity index (χ1n) is 9.46. The van der Waals surface area contributed by atoms with Crippen molar-refractivity contribution in [2.45, 2.75) is 13.0 Å². The molecule has 0 amide bonds. The number of nitrogens with zero attached hydrogens (tertiary/aromatic N) is 3. The summed E-state index contributed by atoms with van der Waals surface area (Å²) in [5.74, 6) is -0.00928. The Morgan fingerprint density at radius 3 is 2.19 bits per heavy atom. The molecule has 1 aromatic rings. The summed E-state index contributed by atoms with van der Waals surface area (Å²) in [5, 5.41) is 0. The van der Waals surface area contributed by atoms with Crippen LogP contribution in [0.4, 0.5) is 3.89 Å². The van der Waals surface area contributed by atoms with E-state index in [4.69, 9.17) is 4.74 Å². The summed E-state index contributed by atoms with van der Waals surface area (Å²) in [7, 11) is -4.97. The molecule has 2 aliphatic heterocycles. The highest BCUT2D eigenvalue weighted by Crippen LogP contribution is 2.17. The van der Waals surface area contributed by atoms with Gasteiger partial charge >= 0.3 is 10.5 Å². The van der Waals surface area contributed by atoms with Crippen molar-refractivity contribution in [3.8, 4) is 5.75 Å². The normalized spacial score (nSPS) is 21.1. The zero-order chi connectivity index (χ0) is 19.1. The van der Waals surface area contributed by atoms with Gasteiger partial charge in [-0.25, -0.2) is 0 Å². The lowest BCUT2D eigenvalue weighted by Crippen LogP contribution is -2.48. The van der Waals surface area contributed by atoms with E-state index in [2.05, 4.69) is 18.9 Å². The molecular formula is C18H28FN3O4S. The Bertz CT molecular complexity index is 670. The van der Waals surface area contributed by atoms with Gasteiger partial charge in [-0.2, -0.15) is 8.42 Å². The molecule has 1 aromatic carbocycles. The van der Waals surface area contributed by atoms with Crippen LogP contribution in [0.2, 0.25) is 0 Å². The Morgan fingerprint density at radius 1 is 0.889 bits per heavy atom. The van der Waals surface area contributed by atoms with Crippen molar-refractivity contribution < 1.29 is 21.2 Å². The molecule has 2 saturated heterocycles. The van der Waals surface area contributed by atoms with E-state index >= 15 is 0 Å². The third-order valence-corrected chi connectivity index (χ3v) is 5.43. The third-order valence-electron chi connectivity index (χ3n) is 5.04. The summed E-state index contributed by atoms with van der Waals surface area (Å²) in [6, 6.07) is 6.50. The van der Waals surface area contributed by atoms with Gasteiger partial charge in [0.15, 0.2) is 0 Å². The summed E-state index contributed by atoms with van der Waals surface area (Å²) < 4.78 is 43.2. The zero-order valence-corrected chi connectivity index (χ0v) is 16.4. The van der Waals surface area contributed by atoms with Crippen LogP contribution in [0, 0.1) is 0 Å². The van der Waals surface area contributed by atoms with Gasteiger partial charge < -0.3 is 8.92 Å². The summed E-state index contributed by atoms with van der Waals surface area (Å²) >= 11 is 0. The van der Waals surface area contributed by atoms with Crippen LogP contribution in [0.15, 0.2) is 24.3 Å². The lowest BCUT2D eigenvalue weighted by atomic mass is 10.2. The molecule has 0 atom stereocenters. The number of rotatable bonds is 7. The summed E-state index contributed by atoms with van der Waals surface area (Å²) in [4.78, 5) is 7.37. The Labute approximate surface area is 161 Å². The molecule has 0 aliphatic carbocycles. The molecule has 2 heterocycles. The molecule has 0 spiro atoms. The number of benzene rings is 1. The van der Waals surface area contributed by atoms with Crippen molar-refractivity contribution in [2.24, 2.45) is 0 Å². The molecule has 152 valence electrons. The minimum atomic E-state index is -4.97.